The molecule has 0 aliphatic heterocycles. The molecule has 3 rings (SSSR count). The van der Waals surface area contributed by atoms with Gasteiger partial charge >= 0.3 is 0 Å². The van der Waals surface area contributed by atoms with Crippen LogP contribution in [0.5, 0.6) is 5.75 Å². The molecule has 0 bridgehead atoms. The zero-order chi connectivity index (χ0) is 16.2. The molecule has 0 spiro atoms. The number of aromatic nitrogens is 1. The lowest BCUT2D eigenvalue weighted by Crippen LogP contribution is -2.30. The Labute approximate surface area is 139 Å². The molecule has 1 N–H and O–H groups in total. The van der Waals surface area contributed by atoms with Crippen LogP contribution in [0.15, 0.2) is 60.8 Å². The molecule has 0 unspecified atom stereocenters. The van der Waals surface area contributed by atoms with Crippen LogP contribution < -0.4 is 10.1 Å². The number of carbonyl (C=O) groups excluding carboxylic acids is 1. The summed E-state index contributed by atoms with van der Waals surface area (Å²) in [5, 5.41) is 4.29. The van der Waals surface area contributed by atoms with Crippen LogP contribution in [-0.2, 0) is 4.79 Å². The number of halogens is 1. The standard InChI is InChI=1S/C18H15ClN2O2/c1-12(23-16-10-3-2-8-14(16)19)18(22)21-15-9-4-6-13-7-5-11-20-17(13)15/h2-12H,1H3,(H,21,22)/t12-/m0/s1. The number of nitrogens with zero attached hydrogens (tertiary/aromatic N) is 1. The first kappa shape index (κ1) is 15.3. The van der Waals surface area contributed by atoms with Crippen LogP contribution >= 0.6 is 11.6 Å². The third kappa shape index (κ3) is 3.43. The lowest BCUT2D eigenvalue weighted by Gasteiger charge is -2.16. The normalized spacial score (nSPS) is 11.9. The van der Waals surface area contributed by atoms with E-state index in [9.17, 15) is 4.79 Å². The van der Waals surface area contributed by atoms with Gasteiger partial charge in [-0.05, 0) is 31.2 Å². The van der Waals surface area contributed by atoms with Gasteiger partial charge in [0.25, 0.3) is 5.91 Å². The van der Waals surface area contributed by atoms with E-state index in [2.05, 4.69) is 10.3 Å². The summed E-state index contributed by atoms with van der Waals surface area (Å²) < 4.78 is 5.63. The number of nitrogens with one attached hydrogen (secondary N) is 1. The van der Waals surface area contributed by atoms with Crippen molar-refractivity contribution in [2.75, 3.05) is 5.32 Å². The first-order chi connectivity index (χ1) is 11.1. The zero-order valence-electron chi connectivity index (χ0n) is 12.5. The molecule has 5 heteroatoms. The number of hydrogen-bond acceptors (Lipinski definition) is 3. The first-order valence-electron chi connectivity index (χ1n) is 7.21. The molecule has 1 atom stereocenters. The molecule has 3 aromatic rings. The Bertz CT molecular complexity index is 846. The van der Waals surface area contributed by atoms with Gasteiger partial charge in [0, 0.05) is 11.6 Å². The molecule has 0 fully saturated rings. The third-order valence-electron chi connectivity index (χ3n) is 3.40. The summed E-state index contributed by atoms with van der Waals surface area (Å²) in [5.41, 5.74) is 1.40. The van der Waals surface area contributed by atoms with Crippen LogP contribution in [0.4, 0.5) is 5.69 Å². The molecule has 4 nitrogen and oxygen atoms in total. The Hall–Kier alpha value is -2.59. The minimum Gasteiger partial charge on any atom is -0.479 e. The van der Waals surface area contributed by atoms with Gasteiger partial charge in [0.15, 0.2) is 6.10 Å². The quantitative estimate of drug-likeness (QED) is 0.778. The van der Waals surface area contributed by atoms with Crippen molar-refractivity contribution in [3.63, 3.8) is 0 Å². The molecule has 0 saturated carbocycles. The van der Waals surface area contributed by atoms with Crippen LogP contribution in [0.3, 0.4) is 0 Å². The fraction of sp³-hybridized carbons (Fsp3) is 0.111. The zero-order valence-corrected chi connectivity index (χ0v) is 13.2. The number of hydrogen-bond donors (Lipinski definition) is 1. The molecule has 0 radical (unpaired) electrons. The van der Waals surface area contributed by atoms with Crippen molar-refractivity contribution in [1.82, 2.24) is 4.98 Å². The van der Waals surface area contributed by atoms with Crippen molar-refractivity contribution >= 4 is 34.1 Å². The minimum absolute atomic E-state index is 0.261. The first-order valence-corrected chi connectivity index (χ1v) is 7.59. The van der Waals surface area contributed by atoms with E-state index < -0.39 is 6.10 Å². The number of rotatable bonds is 4. The number of benzene rings is 2. The number of para-hydroxylation sites is 2. The Morgan fingerprint density at radius 3 is 2.74 bits per heavy atom. The second kappa shape index (κ2) is 6.67. The topological polar surface area (TPSA) is 51.2 Å². The average Bonchev–Trinajstić information content (AvgIpc) is 2.57. The maximum atomic E-state index is 12.4. The lowest BCUT2D eigenvalue weighted by atomic mass is 10.2. The molecule has 23 heavy (non-hydrogen) atoms. The third-order valence-corrected chi connectivity index (χ3v) is 3.71. The molecule has 0 saturated heterocycles. The predicted octanol–water partition coefficient (Wildman–Crippen LogP) is 4.29. The maximum absolute atomic E-state index is 12.4. The average molecular weight is 327 g/mol. The van der Waals surface area contributed by atoms with Crippen molar-refractivity contribution in [3.05, 3.63) is 65.8 Å². The highest BCUT2D eigenvalue weighted by molar-refractivity contribution is 6.32. The fourth-order valence-corrected chi connectivity index (χ4v) is 2.40. The van der Waals surface area contributed by atoms with E-state index >= 15 is 0 Å². The van der Waals surface area contributed by atoms with Gasteiger partial charge in [0.2, 0.25) is 0 Å². The molecule has 0 aliphatic carbocycles. The van der Waals surface area contributed by atoms with Crippen LogP contribution in [0.2, 0.25) is 5.02 Å². The van der Waals surface area contributed by atoms with E-state index in [1.165, 1.54) is 0 Å². The molecular weight excluding hydrogens is 312 g/mol. The van der Waals surface area contributed by atoms with Crippen LogP contribution in [0, 0.1) is 0 Å². The second-order valence-electron chi connectivity index (χ2n) is 5.06. The molecule has 1 heterocycles. The largest absolute Gasteiger partial charge is 0.479 e. The van der Waals surface area contributed by atoms with E-state index in [1.54, 1.807) is 31.3 Å². The number of ether oxygens (including phenoxy) is 1. The van der Waals surface area contributed by atoms with Crippen molar-refractivity contribution in [1.29, 1.82) is 0 Å². The highest BCUT2D eigenvalue weighted by Crippen LogP contribution is 2.25. The molecule has 1 amide bonds. The van der Waals surface area contributed by atoms with Gasteiger partial charge in [-0.15, -0.1) is 0 Å². The number of fused-ring (bicyclic) bond motifs is 1. The molecule has 2 aromatic carbocycles. The minimum atomic E-state index is -0.686. The monoisotopic (exact) mass is 326 g/mol. The summed E-state index contributed by atoms with van der Waals surface area (Å²) >= 11 is 6.04. The van der Waals surface area contributed by atoms with Gasteiger partial charge in [-0.3, -0.25) is 9.78 Å². The SMILES string of the molecule is C[C@H](Oc1ccccc1Cl)C(=O)Nc1cccc2cccnc12. The number of amides is 1. The maximum Gasteiger partial charge on any atom is 0.265 e. The number of anilines is 1. The van der Waals surface area contributed by atoms with E-state index in [0.717, 1.165) is 10.9 Å². The highest BCUT2D eigenvalue weighted by Gasteiger charge is 2.17. The predicted molar refractivity (Wildman–Crippen MR) is 91.9 cm³/mol. The summed E-state index contributed by atoms with van der Waals surface area (Å²) in [6.45, 7) is 1.68. The van der Waals surface area contributed by atoms with Gasteiger partial charge < -0.3 is 10.1 Å². The summed E-state index contributed by atoms with van der Waals surface area (Å²) in [4.78, 5) is 16.7. The Kier molecular flexibility index (Phi) is 4.44. The Balaban J connectivity index is 1.77. The number of carbonyl (C=O) groups is 1. The van der Waals surface area contributed by atoms with Gasteiger partial charge in [-0.1, -0.05) is 41.9 Å². The molecule has 1 aromatic heterocycles. The second-order valence-corrected chi connectivity index (χ2v) is 5.47. The van der Waals surface area contributed by atoms with Crippen molar-refractivity contribution in [2.24, 2.45) is 0 Å². The summed E-state index contributed by atoms with van der Waals surface area (Å²) in [6, 6.07) is 16.5. The van der Waals surface area contributed by atoms with Gasteiger partial charge in [-0.25, -0.2) is 0 Å². The molecule has 116 valence electrons. The van der Waals surface area contributed by atoms with Crippen LogP contribution in [0.1, 0.15) is 6.92 Å². The van der Waals surface area contributed by atoms with Crippen molar-refractivity contribution < 1.29 is 9.53 Å². The van der Waals surface area contributed by atoms with Gasteiger partial charge in [0.1, 0.15) is 5.75 Å². The van der Waals surface area contributed by atoms with E-state index in [-0.39, 0.29) is 5.91 Å². The lowest BCUT2D eigenvalue weighted by molar-refractivity contribution is -0.122. The molecule has 0 aliphatic rings. The van der Waals surface area contributed by atoms with Gasteiger partial charge in [0.05, 0.1) is 16.2 Å². The van der Waals surface area contributed by atoms with E-state index in [0.29, 0.717) is 16.5 Å². The Morgan fingerprint density at radius 1 is 1.13 bits per heavy atom. The molecular formula is C18H15ClN2O2. The van der Waals surface area contributed by atoms with Crippen LogP contribution in [0.25, 0.3) is 10.9 Å². The highest BCUT2D eigenvalue weighted by atomic mass is 35.5. The van der Waals surface area contributed by atoms with E-state index in [1.807, 2.05) is 36.4 Å². The van der Waals surface area contributed by atoms with Crippen LogP contribution in [-0.4, -0.2) is 17.0 Å². The summed E-state index contributed by atoms with van der Waals surface area (Å²) in [5.74, 6) is 0.218. The number of pyridine rings is 1. The van der Waals surface area contributed by atoms with Gasteiger partial charge in [-0.2, -0.15) is 0 Å². The smallest absolute Gasteiger partial charge is 0.265 e. The van der Waals surface area contributed by atoms with Crippen molar-refractivity contribution in [3.8, 4) is 5.75 Å². The fourth-order valence-electron chi connectivity index (χ4n) is 2.22. The summed E-state index contributed by atoms with van der Waals surface area (Å²) in [6.07, 6.45) is 1.01. The Morgan fingerprint density at radius 2 is 1.91 bits per heavy atom. The summed E-state index contributed by atoms with van der Waals surface area (Å²) in [7, 11) is 0. The van der Waals surface area contributed by atoms with Crippen molar-refractivity contribution in [2.45, 2.75) is 13.0 Å². The van der Waals surface area contributed by atoms with E-state index in [4.69, 9.17) is 16.3 Å².